The largest absolute Gasteiger partial charge is 0.476 e. The number of hydrogen-bond donors (Lipinski definition) is 1. The van der Waals surface area contributed by atoms with Crippen LogP contribution in [0.5, 0.6) is 0 Å². The summed E-state index contributed by atoms with van der Waals surface area (Å²) in [5.41, 5.74) is 1.41. The average molecular weight is 260 g/mol. The fraction of sp³-hybridized carbons (Fsp3) is 0.462. The molecule has 0 aromatic carbocycles. The van der Waals surface area contributed by atoms with E-state index in [0.29, 0.717) is 5.92 Å². The van der Waals surface area contributed by atoms with Gasteiger partial charge in [0.2, 0.25) is 0 Å². The number of thiophene rings is 1. The lowest BCUT2D eigenvalue weighted by atomic mass is 10.1. The summed E-state index contributed by atoms with van der Waals surface area (Å²) in [5, 5.41) is 10.2. The van der Waals surface area contributed by atoms with E-state index in [1.165, 1.54) is 10.4 Å². The molecule has 0 unspecified atom stereocenters. The van der Waals surface area contributed by atoms with Gasteiger partial charge in [0.15, 0.2) is 5.69 Å². The van der Waals surface area contributed by atoms with E-state index in [1.807, 2.05) is 0 Å². The van der Waals surface area contributed by atoms with Crippen LogP contribution in [0, 0.1) is 0 Å². The molecule has 1 saturated carbocycles. The van der Waals surface area contributed by atoms with Crippen molar-refractivity contribution < 1.29 is 9.90 Å². The summed E-state index contributed by atoms with van der Waals surface area (Å²) >= 11 is 1.66. The standard InChI is InChI=1S/C13H12N2O2S/c16-13(17)10-9-7-2-1-3-8(7)18-12(9)15-11(14-10)6-4-5-6/h6H,1-5H2,(H,16,17). The molecule has 2 aliphatic rings. The van der Waals surface area contributed by atoms with E-state index in [-0.39, 0.29) is 5.69 Å². The predicted molar refractivity (Wildman–Crippen MR) is 68.4 cm³/mol. The smallest absolute Gasteiger partial charge is 0.355 e. The Morgan fingerprint density at radius 3 is 2.83 bits per heavy atom. The number of nitrogens with zero attached hydrogens (tertiary/aromatic N) is 2. The molecule has 2 aromatic rings. The number of aromatic nitrogens is 2. The zero-order chi connectivity index (χ0) is 12.3. The average Bonchev–Trinajstić information content (AvgIpc) is 2.99. The maximum absolute atomic E-state index is 11.4. The van der Waals surface area contributed by atoms with Gasteiger partial charge in [-0.15, -0.1) is 11.3 Å². The van der Waals surface area contributed by atoms with E-state index in [1.54, 1.807) is 11.3 Å². The van der Waals surface area contributed by atoms with Crippen molar-refractivity contribution >= 4 is 27.5 Å². The van der Waals surface area contributed by atoms with Crippen molar-refractivity contribution in [2.24, 2.45) is 0 Å². The van der Waals surface area contributed by atoms with E-state index in [2.05, 4.69) is 9.97 Å². The SMILES string of the molecule is O=C(O)c1nc(C2CC2)nc2sc3c(c12)CCC3. The molecule has 0 aliphatic heterocycles. The number of aryl methyl sites for hydroxylation is 2. The van der Waals surface area contributed by atoms with Gasteiger partial charge in [0.1, 0.15) is 10.7 Å². The number of carboxylic acids is 1. The monoisotopic (exact) mass is 260 g/mol. The molecular formula is C13H12N2O2S. The van der Waals surface area contributed by atoms with Crippen LogP contribution in [0.25, 0.3) is 10.2 Å². The minimum atomic E-state index is -0.920. The Morgan fingerprint density at radius 1 is 1.28 bits per heavy atom. The first-order valence-corrected chi connectivity index (χ1v) is 7.11. The third kappa shape index (κ3) is 1.40. The molecule has 18 heavy (non-hydrogen) atoms. The molecule has 92 valence electrons. The van der Waals surface area contributed by atoms with Crippen LogP contribution >= 0.6 is 11.3 Å². The van der Waals surface area contributed by atoms with Crippen molar-refractivity contribution in [1.29, 1.82) is 0 Å². The van der Waals surface area contributed by atoms with Gasteiger partial charge in [-0.1, -0.05) is 0 Å². The van der Waals surface area contributed by atoms with E-state index in [0.717, 1.165) is 48.1 Å². The normalized spacial score (nSPS) is 18.2. The molecule has 0 bridgehead atoms. The summed E-state index contributed by atoms with van der Waals surface area (Å²) in [4.78, 5) is 22.5. The van der Waals surface area contributed by atoms with E-state index in [4.69, 9.17) is 0 Å². The second kappa shape index (κ2) is 3.51. The Hall–Kier alpha value is -1.49. The minimum absolute atomic E-state index is 0.223. The highest BCUT2D eigenvalue weighted by Crippen LogP contribution is 2.42. The zero-order valence-corrected chi connectivity index (χ0v) is 10.6. The summed E-state index contributed by atoms with van der Waals surface area (Å²) in [6.07, 6.45) is 5.35. The fourth-order valence-electron chi connectivity index (χ4n) is 2.69. The van der Waals surface area contributed by atoms with E-state index in [9.17, 15) is 9.90 Å². The molecule has 4 rings (SSSR count). The van der Waals surface area contributed by atoms with Crippen molar-refractivity contribution in [2.45, 2.75) is 38.0 Å². The van der Waals surface area contributed by atoms with E-state index >= 15 is 0 Å². The third-order valence-electron chi connectivity index (χ3n) is 3.73. The first-order valence-electron chi connectivity index (χ1n) is 6.29. The van der Waals surface area contributed by atoms with Crippen LogP contribution in [0.3, 0.4) is 0 Å². The molecular weight excluding hydrogens is 248 g/mol. The Bertz CT molecular complexity index is 673. The van der Waals surface area contributed by atoms with Gasteiger partial charge in [0, 0.05) is 16.2 Å². The van der Waals surface area contributed by atoms with Crippen LogP contribution in [0.15, 0.2) is 0 Å². The predicted octanol–water partition coefficient (Wildman–Crippen LogP) is 2.76. The summed E-state index contributed by atoms with van der Waals surface area (Å²) < 4.78 is 0. The van der Waals surface area contributed by atoms with Crippen molar-refractivity contribution in [3.63, 3.8) is 0 Å². The number of aromatic carboxylic acids is 1. The molecule has 2 aliphatic carbocycles. The van der Waals surface area contributed by atoms with Crippen LogP contribution in [0.4, 0.5) is 0 Å². The second-order valence-corrected chi connectivity index (χ2v) is 6.13. The summed E-state index contributed by atoms with van der Waals surface area (Å²) in [6.45, 7) is 0. The molecule has 0 atom stereocenters. The second-order valence-electron chi connectivity index (χ2n) is 5.05. The van der Waals surface area contributed by atoms with Crippen molar-refractivity contribution in [3.05, 3.63) is 22.0 Å². The molecule has 1 fully saturated rings. The lowest BCUT2D eigenvalue weighted by Gasteiger charge is -2.03. The van der Waals surface area contributed by atoms with Crippen LogP contribution < -0.4 is 0 Å². The minimum Gasteiger partial charge on any atom is -0.476 e. The Labute approximate surface area is 108 Å². The highest BCUT2D eigenvalue weighted by molar-refractivity contribution is 7.19. The molecule has 0 saturated heterocycles. The van der Waals surface area contributed by atoms with Gasteiger partial charge in [-0.25, -0.2) is 14.8 Å². The van der Waals surface area contributed by atoms with Crippen molar-refractivity contribution in [3.8, 4) is 0 Å². The summed E-state index contributed by atoms with van der Waals surface area (Å²) in [6, 6.07) is 0. The van der Waals surface area contributed by atoms with Crippen LogP contribution in [0.2, 0.25) is 0 Å². The van der Waals surface area contributed by atoms with Gasteiger partial charge in [0.25, 0.3) is 0 Å². The van der Waals surface area contributed by atoms with Gasteiger partial charge in [-0.05, 0) is 37.7 Å². The molecule has 0 amide bonds. The molecule has 0 radical (unpaired) electrons. The Kier molecular flexibility index (Phi) is 2.03. The highest BCUT2D eigenvalue weighted by Gasteiger charge is 2.31. The number of carboxylic acid groups (broad SMARTS) is 1. The van der Waals surface area contributed by atoms with Gasteiger partial charge in [0.05, 0.1) is 0 Å². The van der Waals surface area contributed by atoms with Crippen molar-refractivity contribution in [1.82, 2.24) is 9.97 Å². The van der Waals surface area contributed by atoms with Gasteiger partial charge < -0.3 is 5.11 Å². The molecule has 2 aromatic heterocycles. The maximum Gasteiger partial charge on any atom is 0.355 e. The number of rotatable bonds is 2. The molecule has 5 heteroatoms. The highest BCUT2D eigenvalue weighted by atomic mass is 32.1. The maximum atomic E-state index is 11.4. The van der Waals surface area contributed by atoms with Gasteiger partial charge in [-0.3, -0.25) is 0 Å². The lowest BCUT2D eigenvalue weighted by Crippen LogP contribution is -2.06. The molecule has 2 heterocycles. The molecule has 1 N–H and O–H groups in total. The van der Waals surface area contributed by atoms with Crippen LogP contribution in [-0.4, -0.2) is 21.0 Å². The summed E-state index contributed by atoms with van der Waals surface area (Å²) in [5.74, 6) is 0.209. The van der Waals surface area contributed by atoms with Crippen LogP contribution in [0.1, 0.15) is 51.9 Å². The Balaban J connectivity index is 2.04. The van der Waals surface area contributed by atoms with Crippen LogP contribution in [-0.2, 0) is 12.8 Å². The zero-order valence-electron chi connectivity index (χ0n) is 9.77. The fourth-order valence-corrected chi connectivity index (χ4v) is 3.96. The van der Waals surface area contributed by atoms with Gasteiger partial charge >= 0.3 is 5.97 Å². The lowest BCUT2D eigenvalue weighted by molar-refractivity contribution is 0.0692. The first kappa shape index (κ1) is 10.4. The van der Waals surface area contributed by atoms with Crippen molar-refractivity contribution in [2.75, 3.05) is 0 Å². The Morgan fingerprint density at radius 2 is 2.11 bits per heavy atom. The molecule has 0 spiro atoms. The van der Waals surface area contributed by atoms with Gasteiger partial charge in [-0.2, -0.15) is 0 Å². The summed E-state index contributed by atoms with van der Waals surface area (Å²) in [7, 11) is 0. The number of carbonyl (C=O) groups is 1. The third-order valence-corrected chi connectivity index (χ3v) is 4.91. The number of fused-ring (bicyclic) bond motifs is 3. The first-order chi connectivity index (χ1) is 8.74. The molecule has 4 nitrogen and oxygen atoms in total. The number of hydrogen-bond acceptors (Lipinski definition) is 4. The topological polar surface area (TPSA) is 63.1 Å². The van der Waals surface area contributed by atoms with E-state index < -0.39 is 5.97 Å². The quantitative estimate of drug-likeness (QED) is 0.901.